The van der Waals surface area contributed by atoms with Crippen molar-refractivity contribution in [3.05, 3.63) is 42.1 Å². The summed E-state index contributed by atoms with van der Waals surface area (Å²) in [6.45, 7) is 6.96. The molecule has 2 atom stereocenters. The van der Waals surface area contributed by atoms with Crippen molar-refractivity contribution in [3.8, 4) is 0 Å². The van der Waals surface area contributed by atoms with Gasteiger partial charge in [0.25, 0.3) is 0 Å². The van der Waals surface area contributed by atoms with Crippen molar-refractivity contribution in [3.63, 3.8) is 0 Å². The van der Waals surface area contributed by atoms with Crippen molar-refractivity contribution < 1.29 is 4.74 Å². The highest BCUT2D eigenvalue weighted by Crippen LogP contribution is 2.25. The minimum atomic E-state index is -0.119. The molecule has 0 bridgehead atoms. The zero-order chi connectivity index (χ0) is 13.8. The van der Waals surface area contributed by atoms with Crippen LogP contribution in [-0.2, 0) is 4.74 Å². The van der Waals surface area contributed by atoms with Gasteiger partial charge in [0, 0.05) is 18.2 Å². The number of hydrogen-bond acceptors (Lipinski definition) is 3. The fourth-order valence-corrected chi connectivity index (χ4v) is 2.38. The molecule has 1 aromatic carbocycles. The van der Waals surface area contributed by atoms with E-state index in [-0.39, 0.29) is 12.1 Å². The molecule has 0 aliphatic heterocycles. The van der Waals surface area contributed by atoms with E-state index in [1.54, 1.807) is 6.20 Å². The maximum absolute atomic E-state index is 6.36. The highest BCUT2D eigenvalue weighted by atomic mass is 16.5. The second-order valence-corrected chi connectivity index (χ2v) is 5.15. The van der Waals surface area contributed by atoms with Gasteiger partial charge in [-0.2, -0.15) is 0 Å². The zero-order valence-electron chi connectivity index (χ0n) is 11.8. The Hall–Kier alpha value is -1.45. The normalized spacial score (nSPS) is 14.8. The molecule has 1 aromatic heterocycles. The van der Waals surface area contributed by atoms with Crippen molar-refractivity contribution in [2.24, 2.45) is 11.7 Å². The predicted octanol–water partition coefficient (Wildman–Crippen LogP) is 3.30. The smallest absolute Gasteiger partial charge is 0.0790 e. The van der Waals surface area contributed by atoms with Crippen molar-refractivity contribution in [2.45, 2.75) is 32.9 Å². The molecule has 102 valence electrons. The maximum atomic E-state index is 6.36. The Labute approximate surface area is 114 Å². The minimum Gasteiger partial charge on any atom is -0.376 e. The topological polar surface area (TPSA) is 48.1 Å². The van der Waals surface area contributed by atoms with Crippen LogP contribution in [0.4, 0.5) is 0 Å². The minimum absolute atomic E-state index is 0.0335. The number of hydrogen-bond donors (Lipinski definition) is 1. The summed E-state index contributed by atoms with van der Waals surface area (Å²) in [5.41, 5.74) is 8.43. The molecule has 2 N–H and O–H groups in total. The first-order chi connectivity index (χ1) is 9.13. The van der Waals surface area contributed by atoms with E-state index in [9.17, 15) is 0 Å². The third kappa shape index (κ3) is 3.11. The first kappa shape index (κ1) is 14.0. The Morgan fingerprint density at radius 3 is 2.74 bits per heavy atom. The van der Waals surface area contributed by atoms with E-state index in [1.807, 2.05) is 13.0 Å². The highest BCUT2D eigenvalue weighted by molar-refractivity contribution is 5.79. The van der Waals surface area contributed by atoms with E-state index in [1.165, 1.54) is 0 Å². The highest BCUT2D eigenvalue weighted by Gasteiger charge is 2.23. The van der Waals surface area contributed by atoms with Gasteiger partial charge < -0.3 is 10.5 Å². The quantitative estimate of drug-likeness (QED) is 0.895. The van der Waals surface area contributed by atoms with Crippen LogP contribution in [0.1, 0.15) is 32.4 Å². The Bertz CT molecular complexity index is 539. The Morgan fingerprint density at radius 2 is 2.05 bits per heavy atom. The number of benzene rings is 1. The lowest BCUT2D eigenvalue weighted by atomic mass is 9.93. The molecule has 1 heterocycles. The molecular weight excluding hydrogens is 236 g/mol. The fourth-order valence-electron chi connectivity index (χ4n) is 2.38. The summed E-state index contributed by atoms with van der Waals surface area (Å²) in [5.74, 6) is 0.384. The van der Waals surface area contributed by atoms with E-state index in [0.717, 1.165) is 16.5 Å². The van der Waals surface area contributed by atoms with Gasteiger partial charge in [0.15, 0.2) is 0 Å². The van der Waals surface area contributed by atoms with Gasteiger partial charge in [-0.1, -0.05) is 32.0 Å². The molecule has 2 rings (SSSR count). The molecule has 2 unspecified atom stereocenters. The molecule has 3 nitrogen and oxygen atoms in total. The molecule has 19 heavy (non-hydrogen) atoms. The van der Waals surface area contributed by atoms with Crippen LogP contribution in [0.5, 0.6) is 0 Å². The first-order valence-electron chi connectivity index (χ1n) is 6.85. The van der Waals surface area contributed by atoms with Gasteiger partial charge in [0.05, 0.1) is 17.7 Å². The van der Waals surface area contributed by atoms with Crippen molar-refractivity contribution in [1.82, 2.24) is 4.98 Å². The molecule has 2 aromatic rings. The van der Waals surface area contributed by atoms with Crippen LogP contribution in [-0.4, -0.2) is 17.7 Å². The molecule has 0 saturated carbocycles. The number of rotatable bonds is 5. The van der Waals surface area contributed by atoms with E-state index in [2.05, 4.69) is 43.1 Å². The van der Waals surface area contributed by atoms with E-state index >= 15 is 0 Å². The summed E-state index contributed by atoms with van der Waals surface area (Å²) < 4.78 is 5.79. The summed E-state index contributed by atoms with van der Waals surface area (Å²) in [4.78, 5) is 4.38. The van der Waals surface area contributed by atoms with Gasteiger partial charge in [0.1, 0.15) is 0 Å². The SMILES string of the molecule is CCOC(C(C)C)C(N)c1ccc2cccnc2c1. The van der Waals surface area contributed by atoms with Crippen molar-refractivity contribution >= 4 is 10.9 Å². The number of fused-ring (bicyclic) bond motifs is 1. The molecule has 0 saturated heterocycles. The summed E-state index contributed by atoms with van der Waals surface area (Å²) in [5, 5.41) is 1.14. The lowest BCUT2D eigenvalue weighted by Gasteiger charge is -2.27. The lowest BCUT2D eigenvalue weighted by Crippen LogP contribution is -2.33. The van der Waals surface area contributed by atoms with Crippen LogP contribution >= 0.6 is 0 Å². The summed E-state index contributed by atoms with van der Waals surface area (Å²) in [7, 11) is 0. The molecule has 0 radical (unpaired) electrons. The van der Waals surface area contributed by atoms with Gasteiger partial charge in [0.2, 0.25) is 0 Å². The molecular formula is C16H22N2O. The molecule has 0 amide bonds. The number of nitrogens with zero attached hydrogens (tertiary/aromatic N) is 1. The van der Waals surface area contributed by atoms with Crippen LogP contribution in [0.3, 0.4) is 0 Å². The third-order valence-electron chi connectivity index (χ3n) is 3.38. The third-order valence-corrected chi connectivity index (χ3v) is 3.38. The second kappa shape index (κ2) is 6.13. The zero-order valence-corrected chi connectivity index (χ0v) is 11.8. The summed E-state index contributed by atoms with van der Waals surface area (Å²) in [6, 6.07) is 10.1. The van der Waals surface area contributed by atoms with Crippen LogP contribution < -0.4 is 5.73 Å². The number of nitrogens with two attached hydrogens (primary N) is 1. The molecule has 3 heteroatoms. The number of ether oxygens (including phenoxy) is 1. The van der Waals surface area contributed by atoms with Crippen molar-refractivity contribution in [1.29, 1.82) is 0 Å². The molecule has 0 aliphatic carbocycles. The standard InChI is InChI=1S/C16H22N2O/c1-4-19-16(11(2)3)15(17)13-8-7-12-6-5-9-18-14(12)10-13/h5-11,15-16H,4,17H2,1-3H3. The Kier molecular flexibility index (Phi) is 4.51. The van der Waals surface area contributed by atoms with E-state index in [0.29, 0.717) is 12.5 Å². The van der Waals surface area contributed by atoms with Gasteiger partial charge >= 0.3 is 0 Å². The van der Waals surface area contributed by atoms with Crippen LogP contribution in [0.15, 0.2) is 36.5 Å². The average molecular weight is 258 g/mol. The van der Waals surface area contributed by atoms with E-state index < -0.39 is 0 Å². The van der Waals surface area contributed by atoms with Crippen LogP contribution in [0, 0.1) is 5.92 Å². The van der Waals surface area contributed by atoms with Gasteiger partial charge in [-0.25, -0.2) is 0 Å². The summed E-state index contributed by atoms with van der Waals surface area (Å²) in [6.07, 6.45) is 1.84. The summed E-state index contributed by atoms with van der Waals surface area (Å²) >= 11 is 0. The molecule has 0 aliphatic rings. The second-order valence-electron chi connectivity index (χ2n) is 5.15. The number of pyridine rings is 1. The van der Waals surface area contributed by atoms with Crippen LogP contribution in [0.25, 0.3) is 10.9 Å². The van der Waals surface area contributed by atoms with Crippen LogP contribution in [0.2, 0.25) is 0 Å². The Balaban J connectivity index is 2.31. The van der Waals surface area contributed by atoms with Crippen molar-refractivity contribution in [2.75, 3.05) is 6.61 Å². The lowest BCUT2D eigenvalue weighted by molar-refractivity contribution is 0.0122. The Morgan fingerprint density at radius 1 is 1.26 bits per heavy atom. The largest absolute Gasteiger partial charge is 0.376 e. The average Bonchev–Trinajstić information content (AvgIpc) is 2.43. The molecule has 0 fully saturated rings. The predicted molar refractivity (Wildman–Crippen MR) is 78.9 cm³/mol. The maximum Gasteiger partial charge on any atom is 0.0790 e. The monoisotopic (exact) mass is 258 g/mol. The fraction of sp³-hybridized carbons (Fsp3) is 0.438. The van der Waals surface area contributed by atoms with E-state index in [4.69, 9.17) is 10.5 Å². The number of aromatic nitrogens is 1. The molecule has 0 spiro atoms. The van der Waals surface area contributed by atoms with Gasteiger partial charge in [-0.05, 0) is 30.5 Å². The first-order valence-corrected chi connectivity index (χ1v) is 6.85. The van der Waals surface area contributed by atoms with Gasteiger partial charge in [-0.15, -0.1) is 0 Å². The van der Waals surface area contributed by atoms with Gasteiger partial charge in [-0.3, -0.25) is 4.98 Å².